The standard InChI is InChI=1S/C17H20NS/c1-3-7-16(8-4-1)15-18(11-13-19-14-12-18)17-9-5-2-6-10-17/h1-10H,11-15H2/q+1. The van der Waals surface area contributed by atoms with Gasteiger partial charge in [-0.2, -0.15) is 11.8 Å². The van der Waals surface area contributed by atoms with Gasteiger partial charge in [-0.05, 0) is 12.1 Å². The van der Waals surface area contributed by atoms with E-state index >= 15 is 0 Å². The molecule has 0 radical (unpaired) electrons. The molecule has 0 unspecified atom stereocenters. The maximum atomic E-state index is 2.29. The second-order valence-electron chi connectivity index (χ2n) is 5.18. The minimum Gasteiger partial charge on any atom is -0.286 e. The van der Waals surface area contributed by atoms with Gasteiger partial charge in [0, 0.05) is 17.1 Å². The Morgan fingerprint density at radius 1 is 0.789 bits per heavy atom. The van der Waals surface area contributed by atoms with Crippen LogP contribution in [0.4, 0.5) is 5.69 Å². The minimum atomic E-state index is 1.11. The largest absolute Gasteiger partial charge is 0.286 e. The normalized spacial score (nSPS) is 18.1. The summed E-state index contributed by atoms with van der Waals surface area (Å²) in [6, 6.07) is 21.9. The Hall–Kier alpha value is -1.25. The predicted octanol–water partition coefficient (Wildman–Crippen LogP) is 3.94. The van der Waals surface area contributed by atoms with Gasteiger partial charge in [-0.3, -0.25) is 4.48 Å². The molecule has 1 fully saturated rings. The molecular formula is C17H20NS+. The summed E-state index contributed by atoms with van der Waals surface area (Å²) in [5.41, 5.74) is 2.91. The number of nitrogens with zero attached hydrogens (tertiary/aromatic N) is 1. The SMILES string of the molecule is c1ccc(C[N+]2(c3ccccc3)CCSCC2)cc1. The van der Waals surface area contributed by atoms with Gasteiger partial charge in [-0.1, -0.05) is 48.5 Å². The predicted molar refractivity (Wildman–Crippen MR) is 85.4 cm³/mol. The van der Waals surface area contributed by atoms with E-state index in [1.807, 2.05) is 0 Å². The van der Waals surface area contributed by atoms with E-state index in [1.54, 1.807) is 0 Å². The first-order valence-corrected chi connectivity index (χ1v) is 8.08. The van der Waals surface area contributed by atoms with Gasteiger partial charge in [0.25, 0.3) is 0 Å². The zero-order valence-electron chi connectivity index (χ0n) is 11.2. The molecule has 1 aliphatic rings. The highest BCUT2D eigenvalue weighted by Gasteiger charge is 2.32. The van der Waals surface area contributed by atoms with Gasteiger partial charge in [0.1, 0.15) is 12.2 Å². The fourth-order valence-electron chi connectivity index (χ4n) is 2.88. The Morgan fingerprint density at radius 2 is 1.37 bits per heavy atom. The molecule has 2 aromatic carbocycles. The van der Waals surface area contributed by atoms with Crippen LogP contribution < -0.4 is 4.48 Å². The molecule has 0 N–H and O–H groups in total. The van der Waals surface area contributed by atoms with Crippen LogP contribution in [0.25, 0.3) is 0 Å². The molecule has 1 nitrogen and oxygen atoms in total. The van der Waals surface area contributed by atoms with E-state index in [4.69, 9.17) is 0 Å². The molecule has 0 spiro atoms. The Bertz CT molecular complexity index is 503. The zero-order valence-corrected chi connectivity index (χ0v) is 12.0. The van der Waals surface area contributed by atoms with Crippen LogP contribution in [0.3, 0.4) is 0 Å². The average Bonchev–Trinajstić information content (AvgIpc) is 2.50. The number of hydrogen-bond acceptors (Lipinski definition) is 1. The summed E-state index contributed by atoms with van der Waals surface area (Å²) in [6.45, 7) is 3.60. The summed E-state index contributed by atoms with van der Waals surface area (Å²) in [4.78, 5) is 0. The van der Waals surface area contributed by atoms with Crippen molar-refractivity contribution < 1.29 is 0 Å². The second kappa shape index (κ2) is 5.81. The second-order valence-corrected chi connectivity index (χ2v) is 6.41. The van der Waals surface area contributed by atoms with Gasteiger partial charge in [0.2, 0.25) is 0 Å². The van der Waals surface area contributed by atoms with Crippen LogP contribution in [0.1, 0.15) is 5.56 Å². The van der Waals surface area contributed by atoms with Gasteiger partial charge >= 0.3 is 0 Å². The van der Waals surface area contributed by atoms with Crippen molar-refractivity contribution in [1.29, 1.82) is 0 Å². The van der Waals surface area contributed by atoms with E-state index in [1.165, 1.54) is 35.8 Å². The number of benzene rings is 2. The Kier molecular flexibility index (Phi) is 3.90. The average molecular weight is 270 g/mol. The quantitative estimate of drug-likeness (QED) is 0.761. The molecule has 0 aliphatic carbocycles. The number of quaternary nitrogens is 1. The van der Waals surface area contributed by atoms with E-state index in [9.17, 15) is 0 Å². The topological polar surface area (TPSA) is 0 Å². The smallest absolute Gasteiger partial charge is 0.133 e. The van der Waals surface area contributed by atoms with E-state index in [0.717, 1.165) is 11.0 Å². The summed E-state index contributed by atoms with van der Waals surface area (Å²) in [5.74, 6) is 2.53. The summed E-state index contributed by atoms with van der Waals surface area (Å²) in [7, 11) is 0. The number of hydrogen-bond donors (Lipinski definition) is 0. The molecular weight excluding hydrogens is 250 g/mol. The molecule has 2 aromatic rings. The first kappa shape index (κ1) is 12.8. The van der Waals surface area contributed by atoms with E-state index < -0.39 is 0 Å². The van der Waals surface area contributed by atoms with Crippen LogP contribution >= 0.6 is 11.8 Å². The highest BCUT2D eigenvalue weighted by atomic mass is 32.2. The lowest BCUT2D eigenvalue weighted by atomic mass is 10.1. The van der Waals surface area contributed by atoms with Crippen molar-refractivity contribution >= 4 is 17.4 Å². The van der Waals surface area contributed by atoms with Crippen LogP contribution in [0.5, 0.6) is 0 Å². The van der Waals surface area contributed by atoms with Gasteiger partial charge in [-0.15, -0.1) is 0 Å². The fourth-order valence-corrected chi connectivity index (χ4v) is 4.04. The van der Waals surface area contributed by atoms with Crippen LogP contribution in [-0.2, 0) is 6.54 Å². The van der Waals surface area contributed by atoms with Crippen molar-refractivity contribution in [2.75, 3.05) is 24.6 Å². The summed E-state index contributed by atoms with van der Waals surface area (Å²) in [6.07, 6.45) is 0. The highest BCUT2D eigenvalue weighted by Crippen LogP contribution is 2.30. The lowest BCUT2D eigenvalue weighted by molar-refractivity contribution is 0.291. The molecule has 0 atom stereocenters. The molecule has 3 rings (SSSR count). The summed E-state index contributed by atoms with van der Waals surface area (Å²) >= 11 is 2.09. The molecule has 1 heterocycles. The maximum absolute atomic E-state index is 2.29. The molecule has 1 saturated heterocycles. The third kappa shape index (κ3) is 2.85. The molecule has 0 amide bonds. The summed E-state index contributed by atoms with van der Waals surface area (Å²) < 4.78 is 1.11. The van der Waals surface area contributed by atoms with Crippen molar-refractivity contribution in [3.05, 3.63) is 66.2 Å². The Labute approximate surface area is 119 Å². The van der Waals surface area contributed by atoms with Crippen LogP contribution in [-0.4, -0.2) is 24.6 Å². The number of para-hydroxylation sites is 1. The monoisotopic (exact) mass is 270 g/mol. The van der Waals surface area contributed by atoms with Gasteiger partial charge in [-0.25, -0.2) is 0 Å². The van der Waals surface area contributed by atoms with Crippen molar-refractivity contribution in [1.82, 2.24) is 4.48 Å². The third-order valence-electron chi connectivity index (χ3n) is 3.96. The number of rotatable bonds is 3. The first-order valence-electron chi connectivity index (χ1n) is 6.92. The molecule has 0 bridgehead atoms. The third-order valence-corrected chi connectivity index (χ3v) is 4.90. The van der Waals surface area contributed by atoms with Gasteiger partial charge in [0.15, 0.2) is 0 Å². The minimum absolute atomic E-state index is 1.11. The molecule has 98 valence electrons. The van der Waals surface area contributed by atoms with Gasteiger partial charge < -0.3 is 0 Å². The Balaban J connectivity index is 1.93. The molecule has 0 aromatic heterocycles. The van der Waals surface area contributed by atoms with E-state index in [-0.39, 0.29) is 0 Å². The molecule has 2 heteroatoms. The lowest BCUT2D eigenvalue weighted by Crippen LogP contribution is -2.53. The first-order chi connectivity index (χ1) is 9.39. The van der Waals surface area contributed by atoms with E-state index in [0.29, 0.717) is 0 Å². The summed E-state index contributed by atoms with van der Waals surface area (Å²) in [5, 5.41) is 0. The molecule has 1 aliphatic heterocycles. The lowest BCUT2D eigenvalue weighted by Gasteiger charge is -2.41. The van der Waals surface area contributed by atoms with Crippen LogP contribution in [0.2, 0.25) is 0 Å². The van der Waals surface area contributed by atoms with E-state index in [2.05, 4.69) is 72.4 Å². The molecule has 19 heavy (non-hydrogen) atoms. The van der Waals surface area contributed by atoms with Gasteiger partial charge in [0.05, 0.1) is 13.1 Å². The Morgan fingerprint density at radius 3 is 2.00 bits per heavy atom. The van der Waals surface area contributed by atoms with Crippen LogP contribution in [0, 0.1) is 0 Å². The van der Waals surface area contributed by atoms with Crippen molar-refractivity contribution in [2.45, 2.75) is 6.54 Å². The zero-order chi connectivity index (χ0) is 13.0. The fraction of sp³-hybridized carbons (Fsp3) is 0.294. The van der Waals surface area contributed by atoms with Crippen LogP contribution in [0.15, 0.2) is 60.7 Å². The maximum Gasteiger partial charge on any atom is 0.133 e. The molecule has 0 saturated carbocycles. The van der Waals surface area contributed by atoms with Crippen molar-refractivity contribution in [3.63, 3.8) is 0 Å². The van der Waals surface area contributed by atoms with Crippen molar-refractivity contribution in [3.8, 4) is 0 Å². The number of thioether (sulfide) groups is 1. The highest BCUT2D eigenvalue weighted by molar-refractivity contribution is 7.99. The van der Waals surface area contributed by atoms with Crippen molar-refractivity contribution in [2.24, 2.45) is 0 Å².